The SMILES string of the molecule is Cc1cccc(Nc2ncnc3cnc(N4CCC5(CCCCC5)C4)nc23)c1. The summed E-state index contributed by atoms with van der Waals surface area (Å²) in [5, 5.41) is 3.40. The molecule has 0 unspecified atom stereocenters. The molecule has 2 aromatic heterocycles. The number of aryl methyl sites for hydroxylation is 1. The van der Waals surface area contributed by atoms with E-state index in [0.29, 0.717) is 5.41 Å². The van der Waals surface area contributed by atoms with Crippen LogP contribution in [0.4, 0.5) is 17.5 Å². The van der Waals surface area contributed by atoms with E-state index in [1.54, 1.807) is 6.33 Å². The van der Waals surface area contributed by atoms with E-state index in [9.17, 15) is 0 Å². The second-order valence-electron chi connectivity index (χ2n) is 8.35. The van der Waals surface area contributed by atoms with Crippen molar-refractivity contribution in [1.82, 2.24) is 19.9 Å². The lowest BCUT2D eigenvalue weighted by molar-refractivity contribution is 0.219. The summed E-state index contributed by atoms with van der Waals surface area (Å²) in [6.45, 7) is 4.20. The average Bonchev–Trinajstić information content (AvgIpc) is 3.12. The molecular weight excluding hydrogens is 348 g/mol. The van der Waals surface area contributed by atoms with Crippen LogP contribution >= 0.6 is 0 Å². The molecule has 1 N–H and O–H groups in total. The summed E-state index contributed by atoms with van der Waals surface area (Å²) >= 11 is 0. The molecule has 0 bridgehead atoms. The number of hydrogen-bond acceptors (Lipinski definition) is 6. The molecule has 28 heavy (non-hydrogen) atoms. The smallest absolute Gasteiger partial charge is 0.226 e. The maximum absolute atomic E-state index is 4.88. The van der Waals surface area contributed by atoms with E-state index < -0.39 is 0 Å². The summed E-state index contributed by atoms with van der Waals surface area (Å²) in [5.41, 5.74) is 4.22. The van der Waals surface area contributed by atoms with E-state index in [0.717, 1.165) is 41.6 Å². The van der Waals surface area contributed by atoms with Crippen LogP contribution in [0, 0.1) is 12.3 Å². The fourth-order valence-corrected chi connectivity index (χ4v) is 4.76. The lowest BCUT2D eigenvalue weighted by Crippen LogP contribution is -2.30. The Bertz CT molecular complexity index is 995. The highest BCUT2D eigenvalue weighted by atomic mass is 15.3. The molecule has 1 saturated carbocycles. The summed E-state index contributed by atoms with van der Waals surface area (Å²) in [6.07, 6.45) is 11.5. The van der Waals surface area contributed by atoms with Crippen molar-refractivity contribution in [2.24, 2.45) is 5.41 Å². The van der Waals surface area contributed by atoms with Crippen LogP contribution in [-0.4, -0.2) is 33.0 Å². The van der Waals surface area contributed by atoms with Crippen molar-refractivity contribution in [3.63, 3.8) is 0 Å². The van der Waals surface area contributed by atoms with Crippen molar-refractivity contribution in [1.29, 1.82) is 0 Å². The van der Waals surface area contributed by atoms with Gasteiger partial charge in [-0.3, -0.25) is 0 Å². The van der Waals surface area contributed by atoms with Gasteiger partial charge in [0.1, 0.15) is 17.4 Å². The molecule has 1 saturated heterocycles. The lowest BCUT2D eigenvalue weighted by Gasteiger charge is -2.33. The number of aromatic nitrogens is 4. The van der Waals surface area contributed by atoms with Gasteiger partial charge in [0, 0.05) is 18.8 Å². The maximum atomic E-state index is 4.88. The minimum atomic E-state index is 0.479. The Morgan fingerprint density at radius 1 is 1.04 bits per heavy atom. The predicted molar refractivity (Wildman–Crippen MR) is 112 cm³/mol. The molecule has 1 aliphatic heterocycles. The molecule has 0 radical (unpaired) electrons. The van der Waals surface area contributed by atoms with Gasteiger partial charge < -0.3 is 10.2 Å². The zero-order valence-corrected chi connectivity index (χ0v) is 16.4. The lowest BCUT2D eigenvalue weighted by atomic mass is 9.73. The molecular formula is C22H26N6. The molecule has 6 heteroatoms. The maximum Gasteiger partial charge on any atom is 0.226 e. The second-order valence-corrected chi connectivity index (χ2v) is 8.35. The number of nitrogens with one attached hydrogen (secondary N) is 1. The standard InChI is InChI=1S/C22H26N6/c1-16-6-5-7-17(12-16)26-20-19-18(24-15-25-20)13-23-21(27-19)28-11-10-22(14-28)8-3-2-4-9-22/h5-7,12-13,15H,2-4,8-11,14H2,1H3,(H,24,25,26). The molecule has 1 aliphatic carbocycles. The fraction of sp³-hybridized carbons (Fsp3) is 0.455. The van der Waals surface area contributed by atoms with Gasteiger partial charge in [0.2, 0.25) is 5.95 Å². The molecule has 0 amide bonds. The van der Waals surface area contributed by atoms with E-state index in [-0.39, 0.29) is 0 Å². The van der Waals surface area contributed by atoms with Gasteiger partial charge in [0.25, 0.3) is 0 Å². The Labute approximate surface area is 165 Å². The summed E-state index contributed by atoms with van der Waals surface area (Å²) in [6, 6.07) is 8.26. The van der Waals surface area contributed by atoms with Crippen molar-refractivity contribution in [3.8, 4) is 0 Å². The number of anilines is 3. The Morgan fingerprint density at radius 3 is 2.79 bits per heavy atom. The van der Waals surface area contributed by atoms with E-state index in [1.807, 2.05) is 18.3 Å². The third kappa shape index (κ3) is 3.28. The second kappa shape index (κ2) is 7.00. The zero-order valence-electron chi connectivity index (χ0n) is 16.4. The zero-order chi connectivity index (χ0) is 19.0. The highest BCUT2D eigenvalue weighted by Gasteiger charge is 2.39. The molecule has 3 aromatic rings. The monoisotopic (exact) mass is 374 g/mol. The van der Waals surface area contributed by atoms with Crippen molar-refractivity contribution >= 4 is 28.5 Å². The first-order chi connectivity index (χ1) is 13.7. The van der Waals surface area contributed by atoms with E-state index in [1.165, 1.54) is 44.1 Å². The van der Waals surface area contributed by atoms with Gasteiger partial charge in [-0.25, -0.2) is 19.9 Å². The number of fused-ring (bicyclic) bond motifs is 1. The first-order valence-electron chi connectivity index (χ1n) is 10.3. The number of nitrogens with zero attached hydrogens (tertiary/aromatic N) is 5. The van der Waals surface area contributed by atoms with E-state index in [2.05, 4.69) is 44.2 Å². The van der Waals surface area contributed by atoms with Gasteiger partial charge in [0.15, 0.2) is 5.82 Å². The van der Waals surface area contributed by atoms with Crippen LogP contribution in [-0.2, 0) is 0 Å². The molecule has 2 aliphatic rings. The fourth-order valence-electron chi connectivity index (χ4n) is 4.76. The summed E-state index contributed by atoms with van der Waals surface area (Å²) in [7, 11) is 0. The van der Waals surface area contributed by atoms with Gasteiger partial charge in [-0.05, 0) is 49.3 Å². The summed E-state index contributed by atoms with van der Waals surface area (Å²) in [4.78, 5) is 20.7. The predicted octanol–water partition coefficient (Wildman–Crippen LogP) is 4.63. The summed E-state index contributed by atoms with van der Waals surface area (Å²) in [5.74, 6) is 1.53. The normalized spacial score (nSPS) is 18.7. The molecule has 3 heterocycles. The van der Waals surface area contributed by atoms with Crippen molar-refractivity contribution in [3.05, 3.63) is 42.4 Å². The van der Waals surface area contributed by atoms with Crippen molar-refractivity contribution in [2.75, 3.05) is 23.3 Å². The number of rotatable bonds is 3. The van der Waals surface area contributed by atoms with Crippen LogP contribution in [0.25, 0.3) is 11.0 Å². The number of hydrogen-bond donors (Lipinski definition) is 1. The first kappa shape index (κ1) is 17.3. The highest BCUT2D eigenvalue weighted by Crippen LogP contribution is 2.44. The Hall–Kier alpha value is -2.76. The molecule has 5 rings (SSSR count). The van der Waals surface area contributed by atoms with E-state index >= 15 is 0 Å². The van der Waals surface area contributed by atoms with Crippen LogP contribution in [0.5, 0.6) is 0 Å². The minimum Gasteiger partial charge on any atom is -0.340 e. The average molecular weight is 374 g/mol. The van der Waals surface area contributed by atoms with Crippen molar-refractivity contribution < 1.29 is 0 Å². The van der Waals surface area contributed by atoms with E-state index in [4.69, 9.17) is 4.98 Å². The molecule has 6 nitrogen and oxygen atoms in total. The largest absolute Gasteiger partial charge is 0.340 e. The Balaban J connectivity index is 1.45. The minimum absolute atomic E-state index is 0.479. The van der Waals surface area contributed by atoms with Gasteiger partial charge in [-0.2, -0.15) is 0 Å². The van der Waals surface area contributed by atoms with Crippen LogP contribution in [0.15, 0.2) is 36.8 Å². The Morgan fingerprint density at radius 2 is 1.93 bits per heavy atom. The third-order valence-corrected chi connectivity index (χ3v) is 6.28. The molecule has 1 aromatic carbocycles. The van der Waals surface area contributed by atoms with Gasteiger partial charge in [-0.15, -0.1) is 0 Å². The van der Waals surface area contributed by atoms with Gasteiger partial charge in [-0.1, -0.05) is 31.4 Å². The number of benzene rings is 1. The van der Waals surface area contributed by atoms with Gasteiger partial charge in [0.05, 0.1) is 6.20 Å². The topological polar surface area (TPSA) is 66.8 Å². The third-order valence-electron chi connectivity index (χ3n) is 6.28. The van der Waals surface area contributed by atoms with Crippen molar-refractivity contribution in [2.45, 2.75) is 45.4 Å². The van der Waals surface area contributed by atoms with Crippen LogP contribution in [0.1, 0.15) is 44.1 Å². The molecule has 1 spiro atoms. The summed E-state index contributed by atoms with van der Waals surface area (Å²) < 4.78 is 0. The highest BCUT2D eigenvalue weighted by molar-refractivity contribution is 5.87. The quantitative estimate of drug-likeness (QED) is 0.721. The van der Waals surface area contributed by atoms with Gasteiger partial charge >= 0.3 is 0 Å². The van der Waals surface area contributed by atoms with Crippen LogP contribution in [0.2, 0.25) is 0 Å². The van der Waals surface area contributed by atoms with Crippen LogP contribution < -0.4 is 10.2 Å². The Kier molecular flexibility index (Phi) is 4.34. The van der Waals surface area contributed by atoms with Crippen LogP contribution in [0.3, 0.4) is 0 Å². The molecule has 144 valence electrons. The first-order valence-corrected chi connectivity index (χ1v) is 10.3. The molecule has 0 atom stereocenters. The molecule has 2 fully saturated rings.